The van der Waals surface area contributed by atoms with Crippen LogP contribution in [0, 0.1) is 5.41 Å². The van der Waals surface area contributed by atoms with Crippen molar-refractivity contribution in [3.05, 3.63) is 18.0 Å². The number of aromatic amines is 1. The number of H-pyrrole nitrogens is 1. The van der Waals surface area contributed by atoms with Crippen molar-refractivity contribution in [1.82, 2.24) is 20.8 Å². The van der Waals surface area contributed by atoms with Gasteiger partial charge in [0.05, 0.1) is 12.2 Å². The molecule has 2 amide bonds. The Kier molecular flexibility index (Phi) is 5.40. The molecule has 0 radical (unpaired) electrons. The van der Waals surface area contributed by atoms with Gasteiger partial charge in [-0.25, -0.2) is 4.79 Å². The van der Waals surface area contributed by atoms with Crippen molar-refractivity contribution in [2.24, 2.45) is 5.41 Å². The van der Waals surface area contributed by atoms with E-state index in [1.165, 1.54) is 25.7 Å². The number of methoxy groups -OCH3 is 1. The van der Waals surface area contributed by atoms with Crippen LogP contribution in [0.2, 0.25) is 0 Å². The van der Waals surface area contributed by atoms with Crippen LogP contribution in [0.1, 0.15) is 37.8 Å². The first kappa shape index (κ1) is 14.8. The molecule has 0 spiro atoms. The average Bonchev–Trinajstić information content (AvgIpc) is 3.13. The molecule has 0 saturated heterocycles. The molecule has 6 heteroatoms. The van der Waals surface area contributed by atoms with Gasteiger partial charge in [-0.2, -0.15) is 5.10 Å². The zero-order valence-corrected chi connectivity index (χ0v) is 12.1. The van der Waals surface area contributed by atoms with Crippen LogP contribution < -0.4 is 10.6 Å². The first-order valence-electron chi connectivity index (χ1n) is 7.23. The van der Waals surface area contributed by atoms with E-state index in [1.54, 1.807) is 13.3 Å². The lowest BCUT2D eigenvalue weighted by atomic mass is 9.83. The summed E-state index contributed by atoms with van der Waals surface area (Å²) in [6, 6.07) is 1.72. The van der Waals surface area contributed by atoms with E-state index in [0.29, 0.717) is 6.54 Å². The van der Waals surface area contributed by atoms with Gasteiger partial charge in [0.2, 0.25) is 0 Å². The van der Waals surface area contributed by atoms with Crippen LogP contribution in [0.25, 0.3) is 0 Å². The van der Waals surface area contributed by atoms with Gasteiger partial charge >= 0.3 is 6.03 Å². The zero-order valence-electron chi connectivity index (χ0n) is 12.1. The van der Waals surface area contributed by atoms with Crippen molar-refractivity contribution >= 4 is 6.03 Å². The minimum Gasteiger partial charge on any atom is -0.385 e. The standard InChI is InChI=1S/C14H24N4O2/c1-20-9-7-14(5-2-3-6-14)11-16-13(19)15-10-12-4-8-17-18-12/h4,8H,2-3,5-7,9-11H2,1H3,(H,17,18)(H2,15,16,19). The van der Waals surface area contributed by atoms with Crippen LogP contribution in [0.4, 0.5) is 4.79 Å². The molecule has 0 aromatic carbocycles. The van der Waals surface area contributed by atoms with E-state index in [4.69, 9.17) is 4.74 Å². The number of amides is 2. The first-order valence-corrected chi connectivity index (χ1v) is 7.23. The van der Waals surface area contributed by atoms with Gasteiger partial charge in [-0.1, -0.05) is 12.8 Å². The summed E-state index contributed by atoms with van der Waals surface area (Å²) in [6.45, 7) is 1.96. The molecular weight excluding hydrogens is 256 g/mol. The number of carbonyl (C=O) groups is 1. The minimum atomic E-state index is -0.122. The molecular formula is C14H24N4O2. The molecule has 1 aromatic heterocycles. The maximum Gasteiger partial charge on any atom is 0.315 e. The molecule has 1 fully saturated rings. The summed E-state index contributed by atoms with van der Waals surface area (Å²) in [5.74, 6) is 0. The van der Waals surface area contributed by atoms with Gasteiger partial charge < -0.3 is 15.4 Å². The van der Waals surface area contributed by atoms with Crippen LogP contribution in [0.3, 0.4) is 0 Å². The lowest BCUT2D eigenvalue weighted by Crippen LogP contribution is -2.42. The van der Waals surface area contributed by atoms with Crippen molar-refractivity contribution < 1.29 is 9.53 Å². The van der Waals surface area contributed by atoms with Crippen LogP contribution in [0.5, 0.6) is 0 Å². The van der Waals surface area contributed by atoms with Crippen LogP contribution in [-0.2, 0) is 11.3 Å². The van der Waals surface area contributed by atoms with E-state index in [1.807, 2.05) is 6.07 Å². The maximum atomic E-state index is 11.8. The van der Waals surface area contributed by atoms with Crippen LogP contribution >= 0.6 is 0 Å². The van der Waals surface area contributed by atoms with Crippen LogP contribution in [0.15, 0.2) is 12.3 Å². The monoisotopic (exact) mass is 280 g/mol. The number of nitrogens with one attached hydrogen (secondary N) is 3. The van der Waals surface area contributed by atoms with Gasteiger partial charge in [-0.15, -0.1) is 0 Å². The Balaban J connectivity index is 1.72. The molecule has 0 unspecified atom stereocenters. The van der Waals surface area contributed by atoms with E-state index < -0.39 is 0 Å². The molecule has 1 aliphatic rings. The molecule has 1 saturated carbocycles. The Morgan fingerprint density at radius 2 is 2.25 bits per heavy atom. The number of aromatic nitrogens is 2. The summed E-state index contributed by atoms with van der Waals surface area (Å²) < 4.78 is 5.19. The third-order valence-corrected chi connectivity index (χ3v) is 4.12. The van der Waals surface area contributed by atoms with Gasteiger partial charge in [0.15, 0.2) is 0 Å². The fourth-order valence-corrected chi connectivity index (χ4v) is 2.85. The normalized spacial score (nSPS) is 17.1. The summed E-state index contributed by atoms with van der Waals surface area (Å²) in [5.41, 5.74) is 1.12. The number of ether oxygens (including phenoxy) is 1. The van der Waals surface area contributed by atoms with Gasteiger partial charge in [0.25, 0.3) is 0 Å². The van der Waals surface area contributed by atoms with Gasteiger partial charge in [-0.05, 0) is 30.7 Å². The van der Waals surface area contributed by atoms with Crippen molar-refractivity contribution in [1.29, 1.82) is 0 Å². The first-order chi connectivity index (χ1) is 9.74. The fraction of sp³-hybridized carbons (Fsp3) is 0.714. The van der Waals surface area contributed by atoms with Crippen molar-refractivity contribution in [2.75, 3.05) is 20.3 Å². The Bertz CT molecular complexity index is 399. The number of hydrogen-bond donors (Lipinski definition) is 3. The van der Waals surface area contributed by atoms with E-state index in [-0.39, 0.29) is 11.4 Å². The third-order valence-electron chi connectivity index (χ3n) is 4.12. The summed E-state index contributed by atoms with van der Waals surface area (Å²) in [4.78, 5) is 11.8. The Morgan fingerprint density at radius 1 is 1.45 bits per heavy atom. The molecule has 0 aliphatic heterocycles. The van der Waals surface area contributed by atoms with Crippen molar-refractivity contribution in [3.8, 4) is 0 Å². The topological polar surface area (TPSA) is 79.0 Å². The highest BCUT2D eigenvalue weighted by molar-refractivity contribution is 5.73. The van der Waals surface area contributed by atoms with Crippen molar-refractivity contribution in [3.63, 3.8) is 0 Å². The highest BCUT2D eigenvalue weighted by Crippen LogP contribution is 2.40. The molecule has 20 heavy (non-hydrogen) atoms. The number of carbonyl (C=O) groups excluding carboxylic acids is 1. The highest BCUT2D eigenvalue weighted by Gasteiger charge is 2.33. The summed E-state index contributed by atoms with van der Waals surface area (Å²) >= 11 is 0. The SMILES string of the molecule is COCCC1(CNC(=O)NCc2ccn[nH]2)CCCC1. The minimum absolute atomic E-state index is 0.122. The second-order valence-electron chi connectivity index (χ2n) is 5.57. The lowest BCUT2D eigenvalue weighted by molar-refractivity contribution is 0.136. The molecule has 112 valence electrons. The van der Waals surface area contributed by atoms with Gasteiger partial charge in [-0.3, -0.25) is 5.10 Å². The van der Waals surface area contributed by atoms with E-state index in [2.05, 4.69) is 20.8 Å². The second-order valence-corrected chi connectivity index (χ2v) is 5.57. The number of hydrogen-bond acceptors (Lipinski definition) is 3. The molecule has 0 atom stereocenters. The second kappa shape index (κ2) is 7.28. The predicted molar refractivity (Wildman–Crippen MR) is 76.2 cm³/mol. The molecule has 1 aliphatic carbocycles. The quantitative estimate of drug-likeness (QED) is 0.712. The van der Waals surface area contributed by atoms with E-state index >= 15 is 0 Å². The molecule has 0 bridgehead atoms. The Labute approximate surface area is 119 Å². The molecule has 6 nitrogen and oxygen atoms in total. The smallest absolute Gasteiger partial charge is 0.315 e. The van der Waals surface area contributed by atoms with Crippen LogP contribution in [-0.4, -0.2) is 36.5 Å². The van der Waals surface area contributed by atoms with Gasteiger partial charge in [0.1, 0.15) is 0 Å². The molecule has 3 N–H and O–H groups in total. The Morgan fingerprint density at radius 3 is 2.90 bits per heavy atom. The van der Waals surface area contributed by atoms with Crippen molar-refractivity contribution in [2.45, 2.75) is 38.6 Å². The van der Waals surface area contributed by atoms with Gasteiger partial charge in [0, 0.05) is 26.5 Å². The molecule has 2 rings (SSSR count). The zero-order chi connectivity index (χ0) is 14.3. The summed E-state index contributed by atoms with van der Waals surface area (Å²) in [5, 5.41) is 12.5. The van der Waals surface area contributed by atoms with E-state index in [0.717, 1.165) is 25.3 Å². The summed E-state index contributed by atoms with van der Waals surface area (Å²) in [7, 11) is 1.73. The summed E-state index contributed by atoms with van der Waals surface area (Å²) in [6.07, 6.45) is 7.55. The maximum absolute atomic E-state index is 11.8. The fourth-order valence-electron chi connectivity index (χ4n) is 2.85. The lowest BCUT2D eigenvalue weighted by Gasteiger charge is -2.29. The molecule has 1 aromatic rings. The number of rotatable bonds is 7. The Hall–Kier alpha value is -1.56. The van der Waals surface area contributed by atoms with E-state index in [9.17, 15) is 4.79 Å². The predicted octanol–water partition coefficient (Wildman–Crippen LogP) is 1.81. The largest absolute Gasteiger partial charge is 0.385 e. The highest BCUT2D eigenvalue weighted by atomic mass is 16.5. The average molecular weight is 280 g/mol. The number of urea groups is 1. The third kappa shape index (κ3) is 4.23. The molecule has 1 heterocycles. The number of nitrogens with zero attached hydrogens (tertiary/aromatic N) is 1.